The van der Waals surface area contributed by atoms with Gasteiger partial charge in [-0.2, -0.15) is 0 Å². The van der Waals surface area contributed by atoms with E-state index in [0.717, 1.165) is 25.7 Å². The molecule has 0 aromatic heterocycles. The normalized spacial score (nSPS) is 27.3. The third-order valence-corrected chi connectivity index (χ3v) is 2.71. The summed E-state index contributed by atoms with van der Waals surface area (Å²) >= 11 is 0. The molecule has 2 atom stereocenters. The van der Waals surface area contributed by atoms with Gasteiger partial charge in [0.05, 0.1) is 6.10 Å². The highest BCUT2D eigenvalue weighted by atomic mass is 16.5. The quantitative estimate of drug-likeness (QED) is 0.687. The number of ether oxygens (including phenoxy) is 1. The minimum Gasteiger partial charge on any atom is -0.393 e. The maximum absolute atomic E-state index is 11.1. The van der Waals surface area contributed by atoms with Crippen LogP contribution in [0.2, 0.25) is 0 Å². The first-order chi connectivity index (χ1) is 6.74. The molecular formula is C10H19NO3. The van der Waals surface area contributed by atoms with Crippen LogP contribution >= 0.6 is 0 Å². The molecule has 0 bridgehead atoms. The third kappa shape index (κ3) is 3.64. The molecule has 82 valence electrons. The van der Waals surface area contributed by atoms with Gasteiger partial charge in [0.15, 0.2) is 0 Å². The van der Waals surface area contributed by atoms with Gasteiger partial charge in [-0.15, -0.1) is 0 Å². The van der Waals surface area contributed by atoms with Gasteiger partial charge in [-0.05, 0) is 12.8 Å². The second kappa shape index (κ2) is 5.98. The average Bonchev–Trinajstić information content (AvgIpc) is 2.17. The van der Waals surface area contributed by atoms with E-state index in [-0.39, 0.29) is 24.5 Å². The molecule has 1 saturated carbocycles. The van der Waals surface area contributed by atoms with Gasteiger partial charge in [0.2, 0.25) is 5.91 Å². The molecule has 0 spiro atoms. The molecule has 0 aromatic rings. The van der Waals surface area contributed by atoms with E-state index in [9.17, 15) is 9.90 Å². The van der Waals surface area contributed by atoms with Crippen LogP contribution in [0.4, 0.5) is 0 Å². The highest BCUT2D eigenvalue weighted by Gasteiger charge is 2.22. The summed E-state index contributed by atoms with van der Waals surface area (Å²) in [6, 6.07) is 0. The number of amides is 1. The number of carbonyl (C=O) groups is 1. The number of hydrogen-bond donors (Lipinski definition) is 2. The van der Waals surface area contributed by atoms with Crippen molar-refractivity contribution >= 4 is 5.91 Å². The molecule has 1 amide bonds. The zero-order valence-corrected chi connectivity index (χ0v) is 8.66. The van der Waals surface area contributed by atoms with Gasteiger partial charge in [0, 0.05) is 19.6 Å². The van der Waals surface area contributed by atoms with Crippen LogP contribution < -0.4 is 5.32 Å². The fourth-order valence-corrected chi connectivity index (χ4v) is 1.85. The summed E-state index contributed by atoms with van der Waals surface area (Å²) in [6.45, 7) is 0.673. The maximum Gasteiger partial charge on any atom is 0.245 e. The fourth-order valence-electron chi connectivity index (χ4n) is 1.85. The number of carbonyl (C=O) groups excluding carboxylic acids is 1. The molecule has 1 aliphatic rings. The van der Waals surface area contributed by atoms with Crippen molar-refractivity contribution in [2.45, 2.75) is 31.8 Å². The van der Waals surface area contributed by atoms with Gasteiger partial charge in [-0.25, -0.2) is 0 Å². The molecule has 0 aromatic carbocycles. The Kier molecular flexibility index (Phi) is 4.90. The highest BCUT2D eigenvalue weighted by Crippen LogP contribution is 2.23. The van der Waals surface area contributed by atoms with Crippen molar-refractivity contribution in [1.82, 2.24) is 5.32 Å². The maximum atomic E-state index is 11.1. The lowest BCUT2D eigenvalue weighted by atomic mass is 9.86. The van der Waals surface area contributed by atoms with Crippen molar-refractivity contribution in [3.05, 3.63) is 0 Å². The van der Waals surface area contributed by atoms with Gasteiger partial charge in [-0.1, -0.05) is 12.8 Å². The van der Waals surface area contributed by atoms with E-state index >= 15 is 0 Å². The molecule has 0 aliphatic heterocycles. The predicted octanol–water partition coefficient (Wildman–Crippen LogP) is 0.300. The van der Waals surface area contributed by atoms with Crippen LogP contribution in [0.5, 0.6) is 0 Å². The molecular weight excluding hydrogens is 182 g/mol. The van der Waals surface area contributed by atoms with E-state index in [4.69, 9.17) is 4.74 Å². The SMILES string of the molecule is COCC(=O)NCC1CCCCC1O. The smallest absolute Gasteiger partial charge is 0.245 e. The Balaban J connectivity index is 2.19. The Bertz CT molecular complexity index is 184. The Morgan fingerprint density at radius 1 is 1.50 bits per heavy atom. The van der Waals surface area contributed by atoms with E-state index in [1.807, 2.05) is 0 Å². The van der Waals surface area contributed by atoms with E-state index in [0.29, 0.717) is 6.54 Å². The third-order valence-electron chi connectivity index (χ3n) is 2.71. The largest absolute Gasteiger partial charge is 0.393 e. The lowest BCUT2D eigenvalue weighted by Gasteiger charge is -2.27. The number of aliphatic hydroxyl groups is 1. The molecule has 2 unspecified atom stereocenters. The van der Waals surface area contributed by atoms with E-state index in [1.165, 1.54) is 7.11 Å². The standard InChI is InChI=1S/C10H19NO3/c1-14-7-10(13)11-6-8-4-2-3-5-9(8)12/h8-9,12H,2-7H2,1H3,(H,11,13). The lowest BCUT2D eigenvalue weighted by Crippen LogP contribution is -2.37. The summed E-state index contributed by atoms with van der Waals surface area (Å²) in [5.41, 5.74) is 0. The van der Waals surface area contributed by atoms with Gasteiger partial charge in [0.25, 0.3) is 0 Å². The van der Waals surface area contributed by atoms with Gasteiger partial charge < -0.3 is 15.2 Å². The van der Waals surface area contributed by atoms with E-state index < -0.39 is 0 Å². The molecule has 0 saturated heterocycles. The Labute approximate surface area is 84.6 Å². The summed E-state index contributed by atoms with van der Waals surface area (Å²) in [7, 11) is 1.50. The van der Waals surface area contributed by atoms with Gasteiger partial charge in [0.1, 0.15) is 6.61 Å². The van der Waals surface area contributed by atoms with Crippen molar-refractivity contribution < 1.29 is 14.6 Å². The minimum absolute atomic E-state index is 0.100. The van der Waals surface area contributed by atoms with Crippen molar-refractivity contribution in [2.24, 2.45) is 5.92 Å². The van der Waals surface area contributed by atoms with E-state index in [2.05, 4.69) is 5.32 Å². The molecule has 0 heterocycles. The second-order valence-electron chi connectivity index (χ2n) is 3.85. The molecule has 14 heavy (non-hydrogen) atoms. The Morgan fingerprint density at radius 3 is 2.86 bits per heavy atom. The van der Waals surface area contributed by atoms with Gasteiger partial charge in [-0.3, -0.25) is 4.79 Å². The molecule has 1 rings (SSSR count). The summed E-state index contributed by atoms with van der Waals surface area (Å²) < 4.78 is 4.70. The van der Waals surface area contributed by atoms with Crippen LogP contribution in [0, 0.1) is 5.92 Å². The van der Waals surface area contributed by atoms with Crippen LogP contribution in [-0.4, -0.2) is 37.4 Å². The van der Waals surface area contributed by atoms with Crippen molar-refractivity contribution in [3.63, 3.8) is 0 Å². The van der Waals surface area contributed by atoms with Crippen LogP contribution in [0.25, 0.3) is 0 Å². The van der Waals surface area contributed by atoms with Crippen molar-refractivity contribution in [2.75, 3.05) is 20.3 Å². The lowest BCUT2D eigenvalue weighted by molar-refractivity contribution is -0.125. The number of hydrogen-bond acceptors (Lipinski definition) is 3. The molecule has 1 fully saturated rings. The fraction of sp³-hybridized carbons (Fsp3) is 0.900. The molecule has 2 N–H and O–H groups in total. The first kappa shape index (κ1) is 11.5. The average molecular weight is 201 g/mol. The summed E-state index contributed by atoms with van der Waals surface area (Å²) in [5.74, 6) is 0.120. The number of rotatable bonds is 4. The topological polar surface area (TPSA) is 58.6 Å². The summed E-state index contributed by atoms with van der Waals surface area (Å²) in [4.78, 5) is 11.1. The predicted molar refractivity (Wildman–Crippen MR) is 52.9 cm³/mol. The van der Waals surface area contributed by atoms with Crippen LogP contribution in [0.1, 0.15) is 25.7 Å². The first-order valence-electron chi connectivity index (χ1n) is 5.17. The second-order valence-corrected chi connectivity index (χ2v) is 3.85. The summed E-state index contributed by atoms with van der Waals surface area (Å²) in [6.07, 6.45) is 3.89. The first-order valence-corrected chi connectivity index (χ1v) is 5.17. The highest BCUT2D eigenvalue weighted by molar-refractivity contribution is 5.77. The molecule has 1 aliphatic carbocycles. The number of methoxy groups -OCH3 is 1. The summed E-state index contributed by atoms with van der Waals surface area (Å²) in [5, 5.41) is 12.4. The van der Waals surface area contributed by atoms with E-state index in [1.54, 1.807) is 0 Å². The molecule has 0 radical (unpaired) electrons. The van der Waals surface area contributed by atoms with Crippen LogP contribution in [0.15, 0.2) is 0 Å². The minimum atomic E-state index is -0.244. The van der Waals surface area contributed by atoms with Gasteiger partial charge >= 0.3 is 0 Å². The van der Waals surface area contributed by atoms with Crippen LogP contribution in [-0.2, 0) is 9.53 Å². The number of aliphatic hydroxyl groups excluding tert-OH is 1. The number of nitrogens with one attached hydrogen (secondary N) is 1. The van der Waals surface area contributed by atoms with Crippen molar-refractivity contribution in [1.29, 1.82) is 0 Å². The Hall–Kier alpha value is -0.610. The van der Waals surface area contributed by atoms with Crippen molar-refractivity contribution in [3.8, 4) is 0 Å². The van der Waals surface area contributed by atoms with Crippen LogP contribution in [0.3, 0.4) is 0 Å². The monoisotopic (exact) mass is 201 g/mol. The zero-order valence-electron chi connectivity index (χ0n) is 8.66. The molecule has 4 heteroatoms. The molecule has 4 nitrogen and oxygen atoms in total. The Morgan fingerprint density at radius 2 is 2.21 bits per heavy atom. The zero-order chi connectivity index (χ0) is 10.4.